The molecular weight excluding hydrogens is 368 g/mol. The van der Waals surface area contributed by atoms with Gasteiger partial charge in [-0.3, -0.25) is 4.79 Å². The molecule has 0 unspecified atom stereocenters. The Bertz CT molecular complexity index is 1250. The first-order chi connectivity index (χ1) is 14.1. The molecule has 0 aliphatic heterocycles. The van der Waals surface area contributed by atoms with Crippen molar-refractivity contribution in [2.75, 3.05) is 7.11 Å². The minimum atomic E-state index is -0.768. The van der Waals surface area contributed by atoms with E-state index in [9.17, 15) is 14.7 Å². The van der Waals surface area contributed by atoms with E-state index in [4.69, 9.17) is 4.74 Å². The highest BCUT2D eigenvalue weighted by Gasteiger charge is 2.22. The first kappa shape index (κ1) is 18.4. The lowest BCUT2D eigenvalue weighted by Crippen LogP contribution is -2.21. The minimum absolute atomic E-state index is 0.223. The Kier molecular flexibility index (Phi) is 4.83. The van der Waals surface area contributed by atoms with Gasteiger partial charge in [-0.1, -0.05) is 60.7 Å². The number of fused-ring (bicyclic) bond motifs is 1. The van der Waals surface area contributed by atoms with Crippen LogP contribution in [0.3, 0.4) is 0 Å². The van der Waals surface area contributed by atoms with Crippen molar-refractivity contribution in [3.63, 3.8) is 0 Å². The number of aromatic hydroxyl groups is 1. The topological polar surface area (TPSA) is 81.4 Å². The molecule has 1 N–H and O–H groups in total. The van der Waals surface area contributed by atoms with Gasteiger partial charge in [0, 0.05) is 17.1 Å². The van der Waals surface area contributed by atoms with Crippen LogP contribution in [0.4, 0.5) is 0 Å². The Balaban J connectivity index is 2.01. The van der Waals surface area contributed by atoms with Crippen LogP contribution in [-0.4, -0.2) is 27.7 Å². The van der Waals surface area contributed by atoms with E-state index in [-0.39, 0.29) is 27.8 Å². The second kappa shape index (κ2) is 7.59. The van der Waals surface area contributed by atoms with Crippen molar-refractivity contribution in [1.82, 2.24) is 9.55 Å². The first-order valence-corrected chi connectivity index (χ1v) is 9.04. The molecule has 0 atom stereocenters. The summed E-state index contributed by atoms with van der Waals surface area (Å²) >= 11 is 0. The van der Waals surface area contributed by atoms with Gasteiger partial charge < -0.3 is 14.4 Å². The van der Waals surface area contributed by atoms with Crippen molar-refractivity contribution >= 4 is 16.7 Å². The van der Waals surface area contributed by atoms with Crippen LogP contribution in [0.25, 0.3) is 22.0 Å². The van der Waals surface area contributed by atoms with E-state index in [1.807, 2.05) is 48.5 Å². The molecule has 4 aromatic rings. The van der Waals surface area contributed by atoms with Gasteiger partial charge in [0.1, 0.15) is 0 Å². The molecule has 0 saturated carbocycles. The number of aromatic nitrogens is 2. The molecule has 0 fully saturated rings. The molecule has 0 spiro atoms. The summed E-state index contributed by atoms with van der Waals surface area (Å²) in [5.41, 5.74) is 1.44. The summed E-state index contributed by atoms with van der Waals surface area (Å²) in [6.45, 7) is 0.378. The van der Waals surface area contributed by atoms with Crippen LogP contribution < -0.4 is 5.56 Å². The fraction of sp³-hybridized carbons (Fsp3) is 0.0870. The second-order valence-corrected chi connectivity index (χ2v) is 6.54. The highest BCUT2D eigenvalue weighted by Crippen LogP contribution is 2.33. The van der Waals surface area contributed by atoms with Crippen LogP contribution in [0.1, 0.15) is 16.1 Å². The quantitative estimate of drug-likeness (QED) is 0.542. The standard InChI is InChI=1S/C23H18N2O4/c1-29-23(28)20-21(26)17-12-13-25(14-15-8-4-2-5-9-15)22(27)18(17)19(24-20)16-10-6-3-7-11-16/h2-13,26H,14H2,1H3. The van der Waals surface area contributed by atoms with Crippen molar-refractivity contribution in [2.45, 2.75) is 6.54 Å². The third-order valence-electron chi connectivity index (χ3n) is 4.73. The zero-order valence-electron chi connectivity index (χ0n) is 15.7. The van der Waals surface area contributed by atoms with Crippen LogP contribution in [-0.2, 0) is 11.3 Å². The second-order valence-electron chi connectivity index (χ2n) is 6.54. The molecule has 2 heterocycles. The molecule has 29 heavy (non-hydrogen) atoms. The van der Waals surface area contributed by atoms with Crippen LogP contribution >= 0.6 is 0 Å². The van der Waals surface area contributed by atoms with E-state index in [1.165, 1.54) is 7.11 Å². The van der Waals surface area contributed by atoms with Crippen LogP contribution in [0.5, 0.6) is 5.75 Å². The van der Waals surface area contributed by atoms with Crippen molar-refractivity contribution in [3.8, 4) is 17.0 Å². The molecule has 0 saturated heterocycles. The van der Waals surface area contributed by atoms with Gasteiger partial charge in [0.25, 0.3) is 5.56 Å². The Hall–Kier alpha value is -3.93. The Morgan fingerprint density at radius 2 is 1.69 bits per heavy atom. The van der Waals surface area contributed by atoms with E-state index >= 15 is 0 Å². The number of rotatable bonds is 4. The van der Waals surface area contributed by atoms with Gasteiger partial charge in [0.05, 0.1) is 24.7 Å². The predicted octanol–water partition coefficient (Wildman–Crippen LogP) is 3.60. The van der Waals surface area contributed by atoms with E-state index in [1.54, 1.807) is 29.0 Å². The average molecular weight is 386 g/mol. The summed E-state index contributed by atoms with van der Waals surface area (Å²) in [5, 5.41) is 11.1. The number of benzene rings is 2. The number of hydrogen-bond donors (Lipinski definition) is 1. The maximum atomic E-state index is 13.3. The van der Waals surface area contributed by atoms with Gasteiger partial charge in [-0.15, -0.1) is 0 Å². The predicted molar refractivity (Wildman–Crippen MR) is 110 cm³/mol. The van der Waals surface area contributed by atoms with Crippen molar-refractivity contribution in [1.29, 1.82) is 0 Å². The molecule has 0 amide bonds. The van der Waals surface area contributed by atoms with Crippen LogP contribution in [0.2, 0.25) is 0 Å². The molecule has 0 radical (unpaired) electrons. The monoisotopic (exact) mass is 386 g/mol. The lowest BCUT2D eigenvalue weighted by molar-refractivity contribution is 0.0591. The van der Waals surface area contributed by atoms with Crippen LogP contribution in [0.15, 0.2) is 77.7 Å². The smallest absolute Gasteiger partial charge is 0.360 e. The molecule has 0 aliphatic rings. The number of pyridine rings is 2. The van der Waals surface area contributed by atoms with E-state index < -0.39 is 5.97 Å². The zero-order chi connectivity index (χ0) is 20.4. The number of hydrogen-bond acceptors (Lipinski definition) is 5. The lowest BCUT2D eigenvalue weighted by atomic mass is 10.0. The summed E-state index contributed by atoms with van der Waals surface area (Å²) < 4.78 is 6.30. The number of esters is 1. The highest BCUT2D eigenvalue weighted by atomic mass is 16.5. The van der Waals surface area contributed by atoms with E-state index in [2.05, 4.69) is 4.98 Å². The Labute approximate surface area is 166 Å². The van der Waals surface area contributed by atoms with Gasteiger partial charge in [0.15, 0.2) is 11.4 Å². The normalized spacial score (nSPS) is 10.8. The Morgan fingerprint density at radius 1 is 1.03 bits per heavy atom. The minimum Gasteiger partial charge on any atom is -0.505 e. The summed E-state index contributed by atoms with van der Waals surface area (Å²) in [6, 6.07) is 20.3. The fourth-order valence-electron chi connectivity index (χ4n) is 3.30. The third kappa shape index (κ3) is 3.36. The number of carbonyl (C=O) groups is 1. The highest BCUT2D eigenvalue weighted by molar-refractivity contribution is 6.04. The fourth-order valence-corrected chi connectivity index (χ4v) is 3.30. The molecule has 0 aliphatic carbocycles. The largest absolute Gasteiger partial charge is 0.505 e. The van der Waals surface area contributed by atoms with Crippen LogP contribution in [0, 0.1) is 0 Å². The van der Waals surface area contributed by atoms with Gasteiger partial charge in [0.2, 0.25) is 0 Å². The summed E-state index contributed by atoms with van der Waals surface area (Å²) in [6.07, 6.45) is 1.60. The van der Waals surface area contributed by atoms with E-state index in [0.717, 1.165) is 5.56 Å². The summed E-state index contributed by atoms with van der Waals surface area (Å²) in [7, 11) is 1.22. The van der Waals surface area contributed by atoms with Crippen molar-refractivity contribution < 1.29 is 14.6 Å². The van der Waals surface area contributed by atoms with Gasteiger partial charge in [-0.2, -0.15) is 0 Å². The average Bonchev–Trinajstić information content (AvgIpc) is 2.77. The molecule has 144 valence electrons. The molecule has 0 bridgehead atoms. The maximum absolute atomic E-state index is 13.3. The van der Waals surface area contributed by atoms with Gasteiger partial charge in [-0.05, 0) is 11.6 Å². The zero-order valence-corrected chi connectivity index (χ0v) is 15.7. The van der Waals surface area contributed by atoms with Crippen molar-refractivity contribution in [3.05, 3.63) is 94.5 Å². The SMILES string of the molecule is COC(=O)c1nc(-c2ccccc2)c2c(=O)n(Cc3ccccc3)ccc2c1O. The Morgan fingerprint density at radius 3 is 2.34 bits per heavy atom. The maximum Gasteiger partial charge on any atom is 0.360 e. The number of nitrogens with zero attached hydrogens (tertiary/aromatic N) is 2. The molecular formula is C23H18N2O4. The number of carbonyl (C=O) groups excluding carboxylic acids is 1. The number of ether oxygens (including phenoxy) is 1. The first-order valence-electron chi connectivity index (χ1n) is 9.04. The molecule has 2 aromatic carbocycles. The molecule has 6 nitrogen and oxygen atoms in total. The molecule has 4 rings (SSSR count). The summed E-state index contributed by atoms with van der Waals surface area (Å²) in [4.78, 5) is 29.8. The lowest BCUT2D eigenvalue weighted by Gasteiger charge is -2.13. The molecule has 2 aromatic heterocycles. The van der Waals surface area contributed by atoms with Gasteiger partial charge in [-0.25, -0.2) is 9.78 Å². The van der Waals surface area contributed by atoms with E-state index in [0.29, 0.717) is 17.8 Å². The van der Waals surface area contributed by atoms with Crippen molar-refractivity contribution in [2.24, 2.45) is 0 Å². The summed E-state index contributed by atoms with van der Waals surface area (Å²) in [5.74, 6) is -1.13. The van der Waals surface area contributed by atoms with Gasteiger partial charge >= 0.3 is 5.97 Å². The third-order valence-corrected chi connectivity index (χ3v) is 4.73. The molecule has 6 heteroatoms. The number of methoxy groups -OCH3 is 1.